The molecule has 1 aromatic rings. The summed E-state index contributed by atoms with van der Waals surface area (Å²) in [7, 11) is 0. The normalized spacial score (nSPS) is 12.7. The van der Waals surface area contributed by atoms with Gasteiger partial charge in [0.1, 0.15) is 5.82 Å². The van der Waals surface area contributed by atoms with Crippen LogP contribution in [0.3, 0.4) is 0 Å². The van der Waals surface area contributed by atoms with Crippen molar-refractivity contribution < 1.29 is 14.6 Å². The van der Waals surface area contributed by atoms with Crippen molar-refractivity contribution in [2.24, 2.45) is 5.92 Å². The van der Waals surface area contributed by atoms with Crippen LogP contribution in [0.2, 0.25) is 0 Å². The predicted octanol–water partition coefficient (Wildman–Crippen LogP) is 2.45. The van der Waals surface area contributed by atoms with E-state index in [9.17, 15) is 9.50 Å². The van der Waals surface area contributed by atoms with E-state index in [2.05, 4.69) is 0 Å². The van der Waals surface area contributed by atoms with Crippen molar-refractivity contribution >= 4 is 0 Å². The molecule has 0 aliphatic carbocycles. The molecular weight excluding hydrogens is 219 g/mol. The lowest BCUT2D eigenvalue weighted by Gasteiger charge is -2.14. The van der Waals surface area contributed by atoms with Gasteiger partial charge in [-0.2, -0.15) is 0 Å². The van der Waals surface area contributed by atoms with Crippen molar-refractivity contribution in [2.75, 3.05) is 13.2 Å². The molecular formula is C14H21FO2. The lowest BCUT2D eigenvalue weighted by Crippen LogP contribution is -2.10. The maximum Gasteiger partial charge on any atom is 0.126 e. The molecule has 0 unspecified atom stereocenters. The molecule has 1 rings (SSSR count). The molecule has 3 heteroatoms. The molecule has 0 aliphatic rings. The van der Waals surface area contributed by atoms with E-state index in [0.717, 1.165) is 31.2 Å². The number of unbranched alkanes of at least 4 members (excludes halogenated alkanes) is 1. The smallest absolute Gasteiger partial charge is 0.126 e. The molecule has 0 saturated heterocycles. The van der Waals surface area contributed by atoms with Gasteiger partial charge in [-0.3, -0.25) is 0 Å². The molecule has 0 aromatic heterocycles. The molecule has 0 amide bonds. The molecule has 0 bridgehead atoms. The third kappa shape index (κ3) is 4.84. The number of hydrogen-bond acceptors (Lipinski definition) is 2. The van der Waals surface area contributed by atoms with Crippen molar-refractivity contribution in [3.63, 3.8) is 0 Å². The molecule has 2 N–H and O–H groups in total. The monoisotopic (exact) mass is 240 g/mol. The van der Waals surface area contributed by atoms with Crippen LogP contribution in [0.1, 0.15) is 30.4 Å². The summed E-state index contributed by atoms with van der Waals surface area (Å²) in [4.78, 5) is 0. The number of hydrogen-bond donors (Lipinski definition) is 2. The Morgan fingerprint density at radius 2 is 2.00 bits per heavy atom. The zero-order chi connectivity index (χ0) is 12.7. The molecule has 96 valence electrons. The Bertz CT molecular complexity index is 339. The lowest BCUT2D eigenvalue weighted by molar-refractivity contribution is 0.209. The fraction of sp³-hybridized carbons (Fsp3) is 0.571. The van der Waals surface area contributed by atoms with Gasteiger partial charge in [-0.25, -0.2) is 4.39 Å². The number of aliphatic hydroxyl groups is 2. The summed E-state index contributed by atoms with van der Waals surface area (Å²) in [6.07, 6.45) is 3.36. The Hall–Kier alpha value is -0.930. The molecule has 0 radical (unpaired) electrons. The average molecular weight is 240 g/mol. The SMILES string of the molecule is Cc1cc(C[C@H](CO)CCCCO)ccc1F. The number of aliphatic hydroxyl groups excluding tert-OH is 2. The lowest BCUT2D eigenvalue weighted by atomic mass is 9.94. The van der Waals surface area contributed by atoms with Gasteiger partial charge in [0.2, 0.25) is 0 Å². The van der Waals surface area contributed by atoms with Crippen molar-refractivity contribution in [2.45, 2.75) is 32.6 Å². The Kier molecular flexibility index (Phi) is 6.16. The van der Waals surface area contributed by atoms with E-state index in [1.807, 2.05) is 6.07 Å². The summed E-state index contributed by atoms with van der Waals surface area (Å²) in [5.41, 5.74) is 1.71. The average Bonchev–Trinajstić information content (AvgIpc) is 2.32. The minimum absolute atomic E-state index is 0.141. The molecule has 0 saturated carbocycles. The maximum absolute atomic E-state index is 13.1. The van der Waals surface area contributed by atoms with E-state index in [1.165, 1.54) is 6.07 Å². The summed E-state index contributed by atoms with van der Waals surface area (Å²) in [5.74, 6) is 0.0148. The van der Waals surface area contributed by atoms with E-state index in [-0.39, 0.29) is 24.9 Å². The first-order valence-corrected chi connectivity index (χ1v) is 6.14. The van der Waals surface area contributed by atoms with Gasteiger partial charge in [0.25, 0.3) is 0 Å². The van der Waals surface area contributed by atoms with E-state index < -0.39 is 0 Å². The number of aryl methyl sites for hydroxylation is 1. The van der Waals surface area contributed by atoms with Crippen molar-refractivity contribution in [1.82, 2.24) is 0 Å². The van der Waals surface area contributed by atoms with Crippen LogP contribution >= 0.6 is 0 Å². The highest BCUT2D eigenvalue weighted by Crippen LogP contribution is 2.17. The van der Waals surface area contributed by atoms with Crippen LogP contribution in [-0.2, 0) is 6.42 Å². The number of halogens is 1. The second kappa shape index (κ2) is 7.41. The summed E-state index contributed by atoms with van der Waals surface area (Å²) < 4.78 is 13.1. The highest BCUT2D eigenvalue weighted by atomic mass is 19.1. The van der Waals surface area contributed by atoms with E-state index in [0.29, 0.717) is 5.56 Å². The van der Waals surface area contributed by atoms with Crippen molar-refractivity contribution in [3.05, 3.63) is 35.1 Å². The molecule has 2 nitrogen and oxygen atoms in total. The van der Waals surface area contributed by atoms with Crippen LogP contribution in [0.15, 0.2) is 18.2 Å². The van der Waals surface area contributed by atoms with Gasteiger partial charge in [-0.05, 0) is 49.3 Å². The van der Waals surface area contributed by atoms with Crippen molar-refractivity contribution in [1.29, 1.82) is 0 Å². The van der Waals surface area contributed by atoms with Gasteiger partial charge in [-0.15, -0.1) is 0 Å². The standard InChI is InChI=1S/C14H21FO2/c1-11-8-12(5-6-14(11)15)9-13(10-17)4-2-3-7-16/h5-6,8,13,16-17H,2-4,7,9-10H2,1H3/t13-/m1/s1. The Morgan fingerprint density at radius 1 is 1.24 bits per heavy atom. The molecule has 1 atom stereocenters. The first-order valence-electron chi connectivity index (χ1n) is 6.14. The van der Waals surface area contributed by atoms with Gasteiger partial charge < -0.3 is 10.2 Å². The minimum Gasteiger partial charge on any atom is -0.396 e. The Morgan fingerprint density at radius 3 is 2.59 bits per heavy atom. The second-order valence-corrected chi connectivity index (χ2v) is 4.56. The third-order valence-electron chi connectivity index (χ3n) is 3.03. The maximum atomic E-state index is 13.1. The van der Waals surface area contributed by atoms with E-state index >= 15 is 0 Å². The van der Waals surface area contributed by atoms with E-state index in [1.54, 1.807) is 13.0 Å². The highest BCUT2D eigenvalue weighted by molar-refractivity contribution is 5.24. The van der Waals surface area contributed by atoms with Crippen LogP contribution in [-0.4, -0.2) is 23.4 Å². The van der Waals surface area contributed by atoms with E-state index in [4.69, 9.17) is 5.11 Å². The third-order valence-corrected chi connectivity index (χ3v) is 3.03. The van der Waals surface area contributed by atoms with Crippen LogP contribution in [0.25, 0.3) is 0 Å². The van der Waals surface area contributed by atoms with Gasteiger partial charge in [0.05, 0.1) is 0 Å². The topological polar surface area (TPSA) is 40.5 Å². The van der Waals surface area contributed by atoms with Crippen LogP contribution in [0.4, 0.5) is 4.39 Å². The summed E-state index contributed by atoms with van der Waals surface area (Å²) >= 11 is 0. The second-order valence-electron chi connectivity index (χ2n) is 4.56. The van der Waals surface area contributed by atoms with Gasteiger partial charge in [0.15, 0.2) is 0 Å². The molecule has 1 aromatic carbocycles. The number of benzene rings is 1. The fourth-order valence-electron chi connectivity index (χ4n) is 1.97. The van der Waals surface area contributed by atoms with Crippen LogP contribution in [0, 0.1) is 18.7 Å². The summed E-state index contributed by atoms with van der Waals surface area (Å²) in [5, 5.41) is 18.0. The first-order chi connectivity index (χ1) is 8.17. The Balaban J connectivity index is 2.51. The zero-order valence-electron chi connectivity index (χ0n) is 10.3. The fourth-order valence-corrected chi connectivity index (χ4v) is 1.97. The molecule has 0 spiro atoms. The molecule has 0 aliphatic heterocycles. The predicted molar refractivity (Wildman–Crippen MR) is 66.4 cm³/mol. The summed E-state index contributed by atoms with van der Waals surface area (Å²) in [6.45, 7) is 2.09. The van der Waals surface area contributed by atoms with Gasteiger partial charge in [0, 0.05) is 13.2 Å². The minimum atomic E-state index is -0.186. The van der Waals surface area contributed by atoms with Crippen LogP contribution in [0.5, 0.6) is 0 Å². The van der Waals surface area contributed by atoms with Gasteiger partial charge >= 0.3 is 0 Å². The van der Waals surface area contributed by atoms with Gasteiger partial charge in [-0.1, -0.05) is 18.6 Å². The van der Waals surface area contributed by atoms with Crippen molar-refractivity contribution in [3.8, 4) is 0 Å². The zero-order valence-corrected chi connectivity index (χ0v) is 10.3. The van der Waals surface area contributed by atoms with Crippen LogP contribution < -0.4 is 0 Å². The molecule has 0 heterocycles. The quantitative estimate of drug-likeness (QED) is 0.719. The summed E-state index contributed by atoms with van der Waals surface area (Å²) in [6, 6.07) is 5.09. The highest BCUT2D eigenvalue weighted by Gasteiger charge is 2.09. The molecule has 17 heavy (non-hydrogen) atoms. The largest absolute Gasteiger partial charge is 0.396 e. The first kappa shape index (κ1) is 14.1. The number of rotatable bonds is 7. The molecule has 0 fully saturated rings. The Labute approximate surface area is 102 Å².